The van der Waals surface area contributed by atoms with E-state index in [-0.39, 0.29) is 19.0 Å². The van der Waals surface area contributed by atoms with Gasteiger partial charge in [0.1, 0.15) is 12.4 Å². The minimum atomic E-state index is -0.269. The van der Waals surface area contributed by atoms with Crippen molar-refractivity contribution in [3.63, 3.8) is 0 Å². The number of esters is 1. The maximum atomic E-state index is 11.4. The number of aliphatic hydroxyl groups excluding tert-OH is 1. The maximum Gasteiger partial charge on any atom is 0.309 e. The second kappa shape index (κ2) is 7.45. The van der Waals surface area contributed by atoms with E-state index >= 15 is 0 Å². The largest absolute Gasteiger partial charge is 0.489 e. The summed E-state index contributed by atoms with van der Waals surface area (Å²) in [6.07, 6.45) is 0.236. The first-order valence-electron chi connectivity index (χ1n) is 6.69. The fraction of sp³-hybridized carbons (Fsp3) is 0.235. The second-order valence-electron chi connectivity index (χ2n) is 4.61. The van der Waals surface area contributed by atoms with E-state index in [2.05, 4.69) is 0 Å². The Bertz CT molecular complexity index is 590. The Labute approximate surface area is 123 Å². The van der Waals surface area contributed by atoms with Crippen molar-refractivity contribution in [3.8, 4) is 5.75 Å². The number of benzene rings is 2. The van der Waals surface area contributed by atoms with Crippen molar-refractivity contribution in [2.75, 3.05) is 7.11 Å². The summed E-state index contributed by atoms with van der Waals surface area (Å²) in [6, 6.07) is 14.9. The Morgan fingerprint density at radius 2 is 1.71 bits per heavy atom. The lowest BCUT2D eigenvalue weighted by Gasteiger charge is -2.10. The van der Waals surface area contributed by atoms with E-state index in [1.165, 1.54) is 7.11 Å². The number of carbonyl (C=O) groups excluding carboxylic acids is 1. The van der Waals surface area contributed by atoms with Crippen molar-refractivity contribution in [2.24, 2.45) is 0 Å². The van der Waals surface area contributed by atoms with Crippen molar-refractivity contribution >= 4 is 5.97 Å². The standard InChI is InChI=1S/C17H18O4/c1-20-17(19)10-14-4-2-3-5-15(14)12-21-16-8-6-13(11-18)7-9-16/h2-9,18H,10-12H2,1H3. The van der Waals surface area contributed by atoms with Gasteiger partial charge in [0.15, 0.2) is 0 Å². The van der Waals surface area contributed by atoms with Gasteiger partial charge >= 0.3 is 5.97 Å². The van der Waals surface area contributed by atoms with Gasteiger partial charge in [-0.2, -0.15) is 0 Å². The zero-order valence-corrected chi connectivity index (χ0v) is 11.9. The Morgan fingerprint density at radius 1 is 1.05 bits per heavy atom. The summed E-state index contributed by atoms with van der Waals surface area (Å²) in [5.74, 6) is 0.454. The molecule has 0 heterocycles. The molecule has 0 aromatic heterocycles. The van der Waals surface area contributed by atoms with Crippen LogP contribution < -0.4 is 4.74 Å². The molecular formula is C17H18O4. The molecule has 4 heteroatoms. The number of ether oxygens (including phenoxy) is 2. The molecule has 0 aliphatic carbocycles. The highest BCUT2D eigenvalue weighted by Crippen LogP contribution is 2.16. The van der Waals surface area contributed by atoms with E-state index in [9.17, 15) is 4.79 Å². The molecule has 2 aromatic carbocycles. The van der Waals surface area contributed by atoms with Gasteiger partial charge in [-0.05, 0) is 28.8 Å². The molecule has 21 heavy (non-hydrogen) atoms. The van der Waals surface area contributed by atoms with Crippen molar-refractivity contribution in [3.05, 3.63) is 65.2 Å². The van der Waals surface area contributed by atoms with Gasteiger partial charge < -0.3 is 14.6 Å². The first-order valence-corrected chi connectivity index (χ1v) is 6.69. The lowest BCUT2D eigenvalue weighted by molar-refractivity contribution is -0.139. The van der Waals surface area contributed by atoms with E-state index in [1.54, 1.807) is 0 Å². The fourth-order valence-electron chi connectivity index (χ4n) is 1.95. The monoisotopic (exact) mass is 286 g/mol. The van der Waals surface area contributed by atoms with Crippen LogP contribution in [0.15, 0.2) is 48.5 Å². The van der Waals surface area contributed by atoms with E-state index in [4.69, 9.17) is 14.6 Å². The van der Waals surface area contributed by atoms with E-state index < -0.39 is 0 Å². The molecule has 4 nitrogen and oxygen atoms in total. The van der Waals surface area contributed by atoms with Crippen molar-refractivity contribution in [1.29, 1.82) is 0 Å². The number of hydrogen-bond acceptors (Lipinski definition) is 4. The molecule has 0 bridgehead atoms. The normalized spacial score (nSPS) is 10.2. The molecule has 0 saturated carbocycles. The van der Waals surface area contributed by atoms with Gasteiger partial charge in [-0.1, -0.05) is 36.4 Å². The Hall–Kier alpha value is -2.33. The molecule has 0 aliphatic heterocycles. The van der Waals surface area contributed by atoms with Crippen LogP contribution in [0.2, 0.25) is 0 Å². The topological polar surface area (TPSA) is 55.8 Å². The first kappa shape index (κ1) is 15.1. The SMILES string of the molecule is COC(=O)Cc1ccccc1COc1ccc(CO)cc1. The van der Waals surface area contributed by atoms with Crippen LogP contribution in [0.1, 0.15) is 16.7 Å². The quantitative estimate of drug-likeness (QED) is 0.829. The van der Waals surface area contributed by atoms with Gasteiger partial charge in [0.25, 0.3) is 0 Å². The van der Waals surface area contributed by atoms with Crippen LogP contribution in [0.25, 0.3) is 0 Å². The van der Waals surface area contributed by atoms with Crippen molar-refractivity contribution in [2.45, 2.75) is 19.6 Å². The summed E-state index contributed by atoms with van der Waals surface area (Å²) in [4.78, 5) is 11.4. The minimum absolute atomic E-state index is 0.0161. The zero-order chi connectivity index (χ0) is 15.1. The van der Waals surface area contributed by atoms with Gasteiger partial charge in [0.05, 0.1) is 20.1 Å². The minimum Gasteiger partial charge on any atom is -0.489 e. The van der Waals surface area contributed by atoms with Crippen LogP contribution in [-0.2, 0) is 29.2 Å². The number of carbonyl (C=O) groups is 1. The first-order chi connectivity index (χ1) is 10.2. The lowest BCUT2D eigenvalue weighted by Crippen LogP contribution is -2.08. The highest BCUT2D eigenvalue weighted by Gasteiger charge is 2.08. The molecule has 0 radical (unpaired) electrons. The van der Waals surface area contributed by atoms with Crippen LogP contribution in [-0.4, -0.2) is 18.2 Å². The molecule has 0 fully saturated rings. The van der Waals surface area contributed by atoms with Crippen molar-refractivity contribution < 1.29 is 19.4 Å². The average molecular weight is 286 g/mol. The van der Waals surface area contributed by atoms with Crippen molar-refractivity contribution in [1.82, 2.24) is 0 Å². The number of methoxy groups -OCH3 is 1. The van der Waals surface area contributed by atoms with Crippen LogP contribution in [0.4, 0.5) is 0 Å². The molecule has 0 spiro atoms. The van der Waals surface area contributed by atoms with E-state index in [0.717, 1.165) is 22.4 Å². The third kappa shape index (κ3) is 4.33. The van der Waals surface area contributed by atoms with E-state index in [0.29, 0.717) is 6.61 Å². The Morgan fingerprint density at radius 3 is 2.33 bits per heavy atom. The summed E-state index contributed by atoms with van der Waals surface area (Å²) in [7, 11) is 1.38. The number of aliphatic hydroxyl groups is 1. The summed E-state index contributed by atoms with van der Waals surface area (Å²) in [5, 5.41) is 9.00. The number of rotatable bonds is 6. The Kier molecular flexibility index (Phi) is 5.35. The molecule has 0 saturated heterocycles. The summed E-state index contributed by atoms with van der Waals surface area (Å²) in [5.41, 5.74) is 2.69. The molecule has 110 valence electrons. The molecule has 1 N–H and O–H groups in total. The zero-order valence-electron chi connectivity index (χ0n) is 11.9. The highest BCUT2D eigenvalue weighted by molar-refractivity contribution is 5.72. The van der Waals surface area contributed by atoms with Gasteiger partial charge in [0, 0.05) is 0 Å². The lowest BCUT2D eigenvalue weighted by atomic mass is 10.1. The van der Waals surface area contributed by atoms with Gasteiger partial charge in [-0.15, -0.1) is 0 Å². The fourth-order valence-corrected chi connectivity index (χ4v) is 1.95. The predicted octanol–water partition coefficient (Wildman–Crippen LogP) is 2.47. The molecule has 2 rings (SSSR count). The van der Waals surface area contributed by atoms with Crippen LogP contribution in [0.3, 0.4) is 0 Å². The average Bonchev–Trinajstić information content (AvgIpc) is 2.54. The van der Waals surface area contributed by atoms with Gasteiger partial charge in [-0.25, -0.2) is 0 Å². The van der Waals surface area contributed by atoms with Crippen LogP contribution >= 0.6 is 0 Å². The highest BCUT2D eigenvalue weighted by atomic mass is 16.5. The summed E-state index contributed by atoms with van der Waals surface area (Å²) < 4.78 is 10.4. The van der Waals surface area contributed by atoms with Gasteiger partial charge in [0.2, 0.25) is 0 Å². The molecule has 0 unspecified atom stereocenters. The van der Waals surface area contributed by atoms with Crippen LogP contribution in [0, 0.1) is 0 Å². The second-order valence-corrected chi connectivity index (χ2v) is 4.61. The molecule has 0 atom stereocenters. The summed E-state index contributed by atoms with van der Waals surface area (Å²) >= 11 is 0. The Balaban J connectivity index is 2.03. The van der Waals surface area contributed by atoms with Gasteiger partial charge in [-0.3, -0.25) is 4.79 Å². The molecular weight excluding hydrogens is 268 g/mol. The smallest absolute Gasteiger partial charge is 0.309 e. The molecule has 2 aromatic rings. The number of hydrogen-bond donors (Lipinski definition) is 1. The summed E-state index contributed by atoms with van der Waals surface area (Å²) in [6.45, 7) is 0.397. The predicted molar refractivity (Wildman–Crippen MR) is 78.9 cm³/mol. The third-order valence-corrected chi connectivity index (χ3v) is 3.18. The van der Waals surface area contributed by atoms with E-state index in [1.807, 2.05) is 48.5 Å². The maximum absolute atomic E-state index is 11.4. The molecule has 0 amide bonds. The third-order valence-electron chi connectivity index (χ3n) is 3.18. The van der Waals surface area contributed by atoms with Crippen LogP contribution in [0.5, 0.6) is 5.75 Å². The molecule has 0 aliphatic rings.